The van der Waals surface area contributed by atoms with E-state index in [4.69, 9.17) is 4.74 Å². The third-order valence-corrected chi connectivity index (χ3v) is 6.83. The summed E-state index contributed by atoms with van der Waals surface area (Å²) in [6, 6.07) is 7.78. The second-order valence-corrected chi connectivity index (χ2v) is 9.58. The third-order valence-electron chi connectivity index (χ3n) is 5.02. The van der Waals surface area contributed by atoms with E-state index in [-0.39, 0.29) is 30.4 Å². The van der Waals surface area contributed by atoms with E-state index in [1.165, 1.54) is 10.5 Å². The highest BCUT2D eigenvalue weighted by atomic mass is 32.2. The number of aromatic nitrogens is 2. The summed E-state index contributed by atoms with van der Waals surface area (Å²) in [4.78, 5) is 12.6. The Bertz CT molecular complexity index is 976. The Morgan fingerprint density at radius 1 is 1.21 bits per heavy atom. The molecule has 0 spiro atoms. The fraction of sp³-hybridized carbons (Fsp3) is 0.500. The second kappa shape index (κ2) is 8.64. The maximum atomic E-state index is 12.6. The molecule has 1 fully saturated rings. The van der Waals surface area contributed by atoms with Gasteiger partial charge in [-0.05, 0) is 39.3 Å². The first-order valence-electron chi connectivity index (χ1n) is 9.71. The number of ether oxygens (including phenoxy) is 1. The van der Waals surface area contributed by atoms with Gasteiger partial charge in [-0.2, -0.15) is 9.40 Å². The predicted octanol–water partition coefficient (Wildman–Crippen LogP) is 1.66. The van der Waals surface area contributed by atoms with Gasteiger partial charge < -0.3 is 10.1 Å². The van der Waals surface area contributed by atoms with Gasteiger partial charge in [0, 0.05) is 19.6 Å². The van der Waals surface area contributed by atoms with Crippen LogP contribution in [0.2, 0.25) is 0 Å². The smallest absolute Gasteiger partial charge is 0.254 e. The second-order valence-electron chi connectivity index (χ2n) is 7.49. The Morgan fingerprint density at radius 2 is 1.86 bits per heavy atom. The molecule has 158 valence electrons. The minimum Gasteiger partial charge on any atom is -0.373 e. The molecule has 3 rings (SSSR count). The Hall–Kier alpha value is -2.23. The molecule has 9 heteroatoms. The number of nitrogens with one attached hydrogen (secondary N) is 1. The lowest BCUT2D eigenvalue weighted by Crippen LogP contribution is -2.49. The standard InChI is InChI=1S/C20H28N4O4S/c1-14-7-5-6-8-19(14)24-17(4)18(11-22-24)20(25)21-9-10-29(26,27)23-12-15(2)28-16(3)13-23/h5-8,11,15-16H,9-10,12-13H2,1-4H3,(H,21,25). The summed E-state index contributed by atoms with van der Waals surface area (Å²) < 4.78 is 33.9. The molecule has 1 saturated heterocycles. The highest BCUT2D eigenvalue weighted by Crippen LogP contribution is 2.18. The van der Waals surface area contributed by atoms with Crippen LogP contribution in [0.1, 0.15) is 35.5 Å². The Kier molecular flexibility index (Phi) is 6.40. The molecule has 1 aliphatic heterocycles. The van der Waals surface area contributed by atoms with Crippen LogP contribution in [0.4, 0.5) is 0 Å². The van der Waals surface area contributed by atoms with Crippen LogP contribution in [0, 0.1) is 13.8 Å². The van der Waals surface area contributed by atoms with Crippen molar-refractivity contribution in [2.45, 2.75) is 39.9 Å². The van der Waals surface area contributed by atoms with Crippen molar-refractivity contribution in [1.29, 1.82) is 0 Å². The summed E-state index contributed by atoms with van der Waals surface area (Å²) in [5, 5.41) is 7.04. The normalized spacial score (nSPS) is 20.6. The lowest BCUT2D eigenvalue weighted by Gasteiger charge is -2.34. The number of amides is 1. The first-order valence-corrected chi connectivity index (χ1v) is 11.3. The summed E-state index contributed by atoms with van der Waals surface area (Å²) >= 11 is 0. The minimum absolute atomic E-state index is 0.0380. The van der Waals surface area contributed by atoms with Crippen LogP contribution in [0.3, 0.4) is 0 Å². The monoisotopic (exact) mass is 420 g/mol. The molecule has 1 aromatic carbocycles. The van der Waals surface area contributed by atoms with Gasteiger partial charge in [0.1, 0.15) is 0 Å². The predicted molar refractivity (Wildman–Crippen MR) is 111 cm³/mol. The maximum Gasteiger partial charge on any atom is 0.254 e. The average Bonchev–Trinajstić information content (AvgIpc) is 3.02. The van der Waals surface area contributed by atoms with E-state index in [0.29, 0.717) is 24.3 Å². The molecule has 1 amide bonds. The van der Waals surface area contributed by atoms with Gasteiger partial charge in [0.15, 0.2) is 0 Å². The molecule has 0 bridgehead atoms. The van der Waals surface area contributed by atoms with Crippen molar-refractivity contribution in [2.24, 2.45) is 0 Å². The number of hydrogen-bond donors (Lipinski definition) is 1. The number of carbonyl (C=O) groups is 1. The van der Waals surface area contributed by atoms with Gasteiger partial charge in [0.05, 0.1) is 41.1 Å². The number of carbonyl (C=O) groups excluding carboxylic acids is 1. The average molecular weight is 421 g/mol. The fourth-order valence-corrected chi connectivity index (χ4v) is 5.04. The number of hydrogen-bond acceptors (Lipinski definition) is 5. The lowest BCUT2D eigenvalue weighted by atomic mass is 10.2. The van der Waals surface area contributed by atoms with Crippen LogP contribution in [-0.4, -0.2) is 66.0 Å². The van der Waals surface area contributed by atoms with Crippen LogP contribution in [0.5, 0.6) is 0 Å². The molecule has 1 aromatic heterocycles. The van der Waals surface area contributed by atoms with Crippen LogP contribution < -0.4 is 5.32 Å². The molecule has 1 N–H and O–H groups in total. The van der Waals surface area contributed by atoms with E-state index in [1.54, 1.807) is 4.68 Å². The van der Waals surface area contributed by atoms with E-state index in [1.807, 2.05) is 52.0 Å². The van der Waals surface area contributed by atoms with Crippen molar-refractivity contribution < 1.29 is 17.9 Å². The summed E-state index contributed by atoms with van der Waals surface area (Å²) in [5.74, 6) is -0.482. The van der Waals surface area contributed by atoms with Crippen molar-refractivity contribution >= 4 is 15.9 Å². The zero-order chi connectivity index (χ0) is 21.2. The van der Waals surface area contributed by atoms with Crippen molar-refractivity contribution in [3.05, 3.63) is 47.3 Å². The molecule has 2 aromatic rings. The number of nitrogens with zero attached hydrogens (tertiary/aromatic N) is 3. The Labute approximate surface area is 171 Å². The largest absolute Gasteiger partial charge is 0.373 e. The first kappa shape index (κ1) is 21.5. The molecular weight excluding hydrogens is 392 g/mol. The molecule has 0 radical (unpaired) electrons. The topological polar surface area (TPSA) is 93.5 Å². The molecule has 1 aliphatic rings. The van der Waals surface area contributed by atoms with Gasteiger partial charge in [-0.15, -0.1) is 0 Å². The molecule has 2 unspecified atom stereocenters. The minimum atomic E-state index is -3.46. The van der Waals surface area contributed by atoms with E-state index in [9.17, 15) is 13.2 Å². The van der Waals surface area contributed by atoms with Crippen LogP contribution in [0.25, 0.3) is 5.69 Å². The van der Waals surface area contributed by atoms with Gasteiger partial charge in [-0.25, -0.2) is 13.1 Å². The van der Waals surface area contributed by atoms with E-state index >= 15 is 0 Å². The van der Waals surface area contributed by atoms with E-state index < -0.39 is 10.0 Å². The number of morpholine rings is 1. The van der Waals surface area contributed by atoms with Gasteiger partial charge in [0.2, 0.25) is 10.0 Å². The summed E-state index contributed by atoms with van der Waals surface area (Å²) in [5.41, 5.74) is 3.09. The number of aryl methyl sites for hydroxylation is 1. The van der Waals surface area contributed by atoms with Gasteiger partial charge in [0.25, 0.3) is 5.91 Å². The molecule has 8 nitrogen and oxygen atoms in total. The number of rotatable bonds is 6. The summed E-state index contributed by atoms with van der Waals surface area (Å²) in [6.07, 6.45) is 1.23. The highest BCUT2D eigenvalue weighted by molar-refractivity contribution is 7.89. The van der Waals surface area contributed by atoms with Gasteiger partial charge >= 0.3 is 0 Å². The molecule has 0 aliphatic carbocycles. The van der Waals surface area contributed by atoms with Crippen molar-refractivity contribution in [3.8, 4) is 5.69 Å². The number of para-hydroxylation sites is 1. The van der Waals surface area contributed by atoms with Crippen LogP contribution in [0.15, 0.2) is 30.5 Å². The molecule has 2 heterocycles. The molecular formula is C20H28N4O4S. The SMILES string of the molecule is Cc1ccccc1-n1ncc(C(=O)NCCS(=O)(=O)N2CC(C)OC(C)C2)c1C. The first-order chi connectivity index (χ1) is 13.7. The zero-order valence-electron chi connectivity index (χ0n) is 17.3. The quantitative estimate of drug-likeness (QED) is 0.767. The third kappa shape index (κ3) is 4.85. The van der Waals surface area contributed by atoms with Crippen molar-refractivity contribution in [1.82, 2.24) is 19.4 Å². The van der Waals surface area contributed by atoms with Gasteiger partial charge in [-0.3, -0.25) is 4.79 Å². The molecule has 29 heavy (non-hydrogen) atoms. The summed E-state index contributed by atoms with van der Waals surface area (Å²) in [6.45, 7) is 8.22. The number of benzene rings is 1. The molecule has 0 saturated carbocycles. The fourth-order valence-electron chi connectivity index (χ4n) is 3.55. The zero-order valence-corrected chi connectivity index (χ0v) is 18.1. The van der Waals surface area contributed by atoms with Crippen LogP contribution >= 0.6 is 0 Å². The van der Waals surface area contributed by atoms with Gasteiger partial charge in [-0.1, -0.05) is 18.2 Å². The Balaban J connectivity index is 1.62. The van der Waals surface area contributed by atoms with Crippen molar-refractivity contribution in [3.63, 3.8) is 0 Å². The van der Waals surface area contributed by atoms with Crippen molar-refractivity contribution in [2.75, 3.05) is 25.4 Å². The maximum absolute atomic E-state index is 12.6. The Morgan fingerprint density at radius 3 is 2.52 bits per heavy atom. The lowest BCUT2D eigenvalue weighted by molar-refractivity contribution is -0.0440. The van der Waals surface area contributed by atoms with Crippen LogP contribution in [-0.2, 0) is 14.8 Å². The highest BCUT2D eigenvalue weighted by Gasteiger charge is 2.30. The van der Waals surface area contributed by atoms with E-state index in [2.05, 4.69) is 10.4 Å². The number of sulfonamides is 1. The molecule has 2 atom stereocenters. The summed E-state index contributed by atoms with van der Waals surface area (Å²) in [7, 11) is -3.46. The van der Waals surface area contributed by atoms with E-state index in [0.717, 1.165) is 11.3 Å².